The number of nitrogens with zero attached hydrogens (tertiary/aromatic N) is 1. The summed E-state index contributed by atoms with van der Waals surface area (Å²) in [5.41, 5.74) is 0.843. The Bertz CT molecular complexity index is 1090. The van der Waals surface area contributed by atoms with Crippen molar-refractivity contribution in [3.63, 3.8) is 0 Å². The summed E-state index contributed by atoms with van der Waals surface area (Å²) in [5, 5.41) is 12.6. The van der Waals surface area contributed by atoms with Gasteiger partial charge < -0.3 is 10.0 Å². The zero-order valence-corrected chi connectivity index (χ0v) is 15.8. The summed E-state index contributed by atoms with van der Waals surface area (Å²) in [6.45, 7) is 0.0770. The summed E-state index contributed by atoms with van der Waals surface area (Å²) in [6, 6.07) is 13.5. The van der Waals surface area contributed by atoms with E-state index in [9.17, 15) is 23.5 Å². The monoisotopic (exact) mass is 411 g/mol. The molecule has 29 heavy (non-hydrogen) atoms. The van der Waals surface area contributed by atoms with Gasteiger partial charge >= 0.3 is 0 Å². The van der Waals surface area contributed by atoms with Crippen LogP contribution in [0.2, 0.25) is 0 Å². The Hall–Kier alpha value is -3.32. The van der Waals surface area contributed by atoms with E-state index in [0.717, 1.165) is 0 Å². The number of hydrogen-bond donors (Lipinski definition) is 1. The fourth-order valence-corrected chi connectivity index (χ4v) is 4.18. The number of carbonyl (C=O) groups is 2. The maximum Gasteiger partial charge on any atom is 0.295 e. The molecule has 0 saturated carbocycles. The number of amides is 1. The summed E-state index contributed by atoms with van der Waals surface area (Å²) in [4.78, 5) is 27.7. The topological polar surface area (TPSA) is 57.6 Å². The molecule has 1 fully saturated rings. The number of aliphatic hydroxyl groups excluding tert-OH is 1. The maximum absolute atomic E-state index is 13.2. The Kier molecular flexibility index (Phi) is 4.98. The van der Waals surface area contributed by atoms with Crippen LogP contribution >= 0.6 is 11.3 Å². The summed E-state index contributed by atoms with van der Waals surface area (Å²) in [7, 11) is 0. The molecular weight excluding hydrogens is 396 g/mol. The summed E-state index contributed by atoms with van der Waals surface area (Å²) in [6.07, 6.45) is 0. The summed E-state index contributed by atoms with van der Waals surface area (Å²) >= 11 is 1.35. The third-order valence-electron chi connectivity index (χ3n) is 4.74. The first-order chi connectivity index (χ1) is 14.0. The van der Waals surface area contributed by atoms with Crippen LogP contribution in [0.4, 0.5) is 8.78 Å². The molecule has 1 aliphatic heterocycles. The van der Waals surface area contributed by atoms with Crippen LogP contribution in [0.3, 0.4) is 0 Å². The molecule has 4 rings (SSSR count). The molecular formula is C22H15F2NO3S. The molecule has 4 nitrogen and oxygen atoms in total. The van der Waals surface area contributed by atoms with E-state index in [-0.39, 0.29) is 23.4 Å². The van der Waals surface area contributed by atoms with E-state index in [0.29, 0.717) is 10.4 Å². The van der Waals surface area contributed by atoms with Gasteiger partial charge in [-0.2, -0.15) is 0 Å². The molecule has 7 heteroatoms. The Morgan fingerprint density at radius 1 is 0.966 bits per heavy atom. The van der Waals surface area contributed by atoms with Crippen molar-refractivity contribution in [2.75, 3.05) is 0 Å². The second kappa shape index (κ2) is 7.60. The third kappa shape index (κ3) is 3.56. The molecule has 1 amide bonds. The molecule has 146 valence electrons. The van der Waals surface area contributed by atoms with Crippen LogP contribution in [-0.4, -0.2) is 21.7 Å². The Morgan fingerprint density at radius 3 is 2.17 bits per heavy atom. The van der Waals surface area contributed by atoms with Crippen molar-refractivity contribution in [1.29, 1.82) is 0 Å². The number of hydrogen-bond acceptors (Lipinski definition) is 4. The van der Waals surface area contributed by atoms with Gasteiger partial charge in [-0.25, -0.2) is 8.78 Å². The minimum Gasteiger partial charge on any atom is -0.507 e. The molecule has 1 aliphatic rings. The number of ketones is 1. The van der Waals surface area contributed by atoms with Gasteiger partial charge in [-0.3, -0.25) is 9.59 Å². The lowest BCUT2D eigenvalue weighted by Crippen LogP contribution is -2.28. The lowest BCUT2D eigenvalue weighted by atomic mass is 9.99. The highest BCUT2D eigenvalue weighted by atomic mass is 32.1. The van der Waals surface area contributed by atoms with E-state index in [2.05, 4.69) is 0 Å². The number of likely N-dealkylation sites (tertiary alicyclic amines) is 1. The average molecular weight is 411 g/mol. The van der Waals surface area contributed by atoms with Gasteiger partial charge in [-0.1, -0.05) is 18.2 Å². The molecule has 1 atom stereocenters. The number of benzene rings is 2. The van der Waals surface area contributed by atoms with Crippen LogP contribution in [0.1, 0.15) is 22.0 Å². The van der Waals surface area contributed by atoms with Gasteiger partial charge in [0.25, 0.3) is 11.7 Å². The number of thiophene rings is 1. The second-order valence-corrected chi connectivity index (χ2v) is 7.56. The standard InChI is InChI=1S/C22H15F2NO3S/c23-15-7-3-13(4-8-15)12-25-19(17-2-1-11-29-17)18(21(27)22(25)28)20(26)14-5-9-16(24)10-6-14/h1-11,19,26H,12H2/b20-18-. The number of aliphatic hydroxyl groups is 1. The number of carbonyl (C=O) groups excluding carboxylic acids is 2. The van der Waals surface area contributed by atoms with Crippen molar-refractivity contribution < 1.29 is 23.5 Å². The zero-order valence-electron chi connectivity index (χ0n) is 15.0. The molecule has 3 aromatic rings. The van der Waals surface area contributed by atoms with E-state index in [1.165, 1.54) is 52.6 Å². The van der Waals surface area contributed by atoms with E-state index < -0.39 is 29.4 Å². The van der Waals surface area contributed by atoms with Crippen LogP contribution in [-0.2, 0) is 16.1 Å². The minimum atomic E-state index is -0.813. The van der Waals surface area contributed by atoms with Crippen molar-refractivity contribution in [1.82, 2.24) is 4.90 Å². The van der Waals surface area contributed by atoms with Gasteiger partial charge in [-0.15, -0.1) is 11.3 Å². The highest BCUT2D eigenvalue weighted by Gasteiger charge is 2.46. The Balaban J connectivity index is 1.81. The van der Waals surface area contributed by atoms with Gasteiger partial charge in [0, 0.05) is 17.0 Å². The number of rotatable bonds is 4. The van der Waals surface area contributed by atoms with Gasteiger partial charge in [0.1, 0.15) is 17.4 Å². The number of Topliss-reactive ketones (excluding diaryl/α,β-unsaturated/α-hetero) is 1. The molecule has 2 aromatic carbocycles. The van der Waals surface area contributed by atoms with Crippen LogP contribution in [0.5, 0.6) is 0 Å². The van der Waals surface area contributed by atoms with Gasteiger partial charge in [0.2, 0.25) is 0 Å². The van der Waals surface area contributed by atoms with Gasteiger partial charge in [0.15, 0.2) is 0 Å². The molecule has 0 aliphatic carbocycles. The van der Waals surface area contributed by atoms with Gasteiger partial charge in [0.05, 0.1) is 11.6 Å². The largest absolute Gasteiger partial charge is 0.507 e. The van der Waals surface area contributed by atoms with E-state index >= 15 is 0 Å². The van der Waals surface area contributed by atoms with Crippen LogP contribution < -0.4 is 0 Å². The lowest BCUT2D eigenvalue weighted by Gasteiger charge is -2.24. The highest BCUT2D eigenvalue weighted by Crippen LogP contribution is 2.41. The maximum atomic E-state index is 13.2. The smallest absolute Gasteiger partial charge is 0.295 e. The lowest BCUT2D eigenvalue weighted by molar-refractivity contribution is -0.140. The molecule has 0 radical (unpaired) electrons. The fraction of sp³-hybridized carbons (Fsp3) is 0.0909. The summed E-state index contributed by atoms with van der Waals surface area (Å²) in [5.74, 6) is -2.80. The first-order valence-electron chi connectivity index (χ1n) is 8.78. The van der Waals surface area contributed by atoms with Crippen molar-refractivity contribution in [2.24, 2.45) is 0 Å². The fourth-order valence-electron chi connectivity index (χ4n) is 3.34. The van der Waals surface area contributed by atoms with Crippen molar-refractivity contribution in [3.05, 3.63) is 99.3 Å². The second-order valence-electron chi connectivity index (χ2n) is 6.58. The number of halogens is 2. The molecule has 0 spiro atoms. The third-order valence-corrected chi connectivity index (χ3v) is 5.66. The quantitative estimate of drug-likeness (QED) is 0.386. The average Bonchev–Trinajstić information content (AvgIpc) is 3.32. The predicted molar refractivity (Wildman–Crippen MR) is 105 cm³/mol. The SMILES string of the molecule is O=C1C(=O)N(Cc2ccc(F)cc2)C(c2cccs2)/C1=C(/O)c1ccc(F)cc1. The van der Waals surface area contributed by atoms with E-state index in [1.807, 2.05) is 5.38 Å². The first-order valence-corrected chi connectivity index (χ1v) is 9.66. The Labute approximate surface area is 169 Å². The normalized spacial score (nSPS) is 18.4. The minimum absolute atomic E-state index is 0.0498. The predicted octanol–water partition coefficient (Wildman–Crippen LogP) is 4.65. The zero-order chi connectivity index (χ0) is 20.5. The molecule has 1 unspecified atom stereocenters. The van der Waals surface area contributed by atoms with E-state index in [1.54, 1.807) is 24.3 Å². The molecule has 1 saturated heterocycles. The van der Waals surface area contributed by atoms with Crippen LogP contribution in [0, 0.1) is 11.6 Å². The summed E-state index contributed by atoms with van der Waals surface area (Å²) < 4.78 is 26.5. The van der Waals surface area contributed by atoms with Crippen LogP contribution in [0.15, 0.2) is 71.6 Å². The van der Waals surface area contributed by atoms with Crippen molar-refractivity contribution >= 4 is 28.8 Å². The molecule has 0 bridgehead atoms. The van der Waals surface area contributed by atoms with E-state index in [4.69, 9.17) is 0 Å². The first kappa shape index (κ1) is 19.0. The van der Waals surface area contributed by atoms with Crippen LogP contribution in [0.25, 0.3) is 5.76 Å². The Morgan fingerprint density at radius 2 is 1.59 bits per heavy atom. The van der Waals surface area contributed by atoms with Gasteiger partial charge in [-0.05, 0) is 53.4 Å². The molecule has 2 heterocycles. The molecule has 1 aromatic heterocycles. The van der Waals surface area contributed by atoms with Crippen molar-refractivity contribution in [3.8, 4) is 0 Å². The van der Waals surface area contributed by atoms with Crippen molar-refractivity contribution in [2.45, 2.75) is 12.6 Å². The highest BCUT2D eigenvalue weighted by molar-refractivity contribution is 7.10. The molecule has 1 N–H and O–H groups in total.